The predicted molar refractivity (Wildman–Crippen MR) is 123 cm³/mol. The van der Waals surface area contributed by atoms with Crippen LogP contribution in [0.25, 0.3) is 0 Å². The fraction of sp³-hybridized carbons (Fsp3) is 0.375. The van der Waals surface area contributed by atoms with Crippen molar-refractivity contribution in [2.24, 2.45) is 5.92 Å². The summed E-state index contributed by atoms with van der Waals surface area (Å²) in [4.78, 5) is 39.2. The molecule has 1 atom stereocenters. The van der Waals surface area contributed by atoms with Gasteiger partial charge in [0.2, 0.25) is 5.91 Å². The van der Waals surface area contributed by atoms with Gasteiger partial charge in [-0.25, -0.2) is 0 Å². The highest BCUT2D eigenvalue weighted by molar-refractivity contribution is 6.31. The smallest absolute Gasteiger partial charge is 0.311 e. The molecule has 0 radical (unpaired) electrons. The van der Waals surface area contributed by atoms with Crippen LogP contribution in [0.4, 0.5) is 11.4 Å². The third-order valence-electron chi connectivity index (χ3n) is 5.47. The molecule has 0 saturated carbocycles. The number of rotatable bonds is 8. The van der Waals surface area contributed by atoms with Gasteiger partial charge in [0.1, 0.15) is 5.75 Å². The summed E-state index contributed by atoms with van der Waals surface area (Å²) in [6.07, 6.45) is 1.63. The van der Waals surface area contributed by atoms with E-state index in [0.717, 1.165) is 29.7 Å². The summed E-state index contributed by atoms with van der Waals surface area (Å²) >= 11 is 5.96. The van der Waals surface area contributed by atoms with Crippen LogP contribution in [-0.2, 0) is 32.0 Å². The molecule has 1 heterocycles. The number of carbonyl (C=O) groups excluding carboxylic acids is 3. The first-order chi connectivity index (χ1) is 15.4. The van der Waals surface area contributed by atoms with Crippen molar-refractivity contribution < 1.29 is 23.9 Å². The fourth-order valence-electron chi connectivity index (χ4n) is 3.86. The van der Waals surface area contributed by atoms with Gasteiger partial charge in [0.05, 0.1) is 18.7 Å². The Labute approximate surface area is 192 Å². The average molecular weight is 459 g/mol. The minimum atomic E-state index is -0.620. The van der Waals surface area contributed by atoms with Crippen molar-refractivity contribution in [3.63, 3.8) is 0 Å². The van der Waals surface area contributed by atoms with Gasteiger partial charge in [-0.05, 0) is 42.2 Å². The second kappa shape index (κ2) is 10.5. The van der Waals surface area contributed by atoms with Crippen LogP contribution in [0.1, 0.15) is 31.4 Å². The molecule has 3 rings (SSSR count). The SMILES string of the molecule is CCc1cccc(CC)c1N1C[C@@H](C(=O)OCC(=O)Nc2cc(Cl)ccc2OC)CC1=O. The molecule has 8 heteroatoms. The first-order valence-corrected chi connectivity index (χ1v) is 11.0. The fourth-order valence-corrected chi connectivity index (χ4v) is 4.03. The maximum atomic E-state index is 12.7. The number of hydrogen-bond acceptors (Lipinski definition) is 5. The number of hydrogen-bond donors (Lipinski definition) is 1. The largest absolute Gasteiger partial charge is 0.495 e. The van der Waals surface area contributed by atoms with Crippen molar-refractivity contribution in [1.29, 1.82) is 0 Å². The van der Waals surface area contributed by atoms with Gasteiger partial charge in [-0.3, -0.25) is 14.4 Å². The standard InChI is InChI=1S/C24H27ClN2O5/c1-4-15-7-6-8-16(5-2)23(15)27-13-17(11-22(27)29)24(30)32-14-21(28)26-19-12-18(25)9-10-20(19)31-3/h6-10,12,17H,4-5,11,13-14H2,1-3H3,(H,26,28)/t17-/m0/s1. The van der Waals surface area contributed by atoms with E-state index in [4.69, 9.17) is 21.1 Å². The summed E-state index contributed by atoms with van der Waals surface area (Å²) in [5.74, 6) is -1.39. The number of esters is 1. The van der Waals surface area contributed by atoms with Crippen LogP contribution < -0.4 is 15.0 Å². The number of halogens is 1. The van der Waals surface area contributed by atoms with E-state index in [-0.39, 0.29) is 18.9 Å². The van der Waals surface area contributed by atoms with Gasteiger partial charge < -0.3 is 19.7 Å². The summed E-state index contributed by atoms with van der Waals surface area (Å²) in [6.45, 7) is 3.85. The van der Waals surface area contributed by atoms with Crippen LogP contribution in [0.2, 0.25) is 5.02 Å². The van der Waals surface area contributed by atoms with Crippen LogP contribution in [0, 0.1) is 5.92 Å². The van der Waals surface area contributed by atoms with Crippen molar-refractivity contribution in [2.45, 2.75) is 33.1 Å². The zero-order valence-corrected chi connectivity index (χ0v) is 19.2. The topological polar surface area (TPSA) is 84.9 Å². The minimum absolute atomic E-state index is 0.0593. The molecule has 1 aliphatic heterocycles. The molecule has 0 aromatic heterocycles. The molecule has 1 saturated heterocycles. The normalized spacial score (nSPS) is 15.6. The van der Waals surface area contributed by atoms with Gasteiger partial charge >= 0.3 is 5.97 Å². The molecule has 0 spiro atoms. The number of anilines is 2. The van der Waals surface area contributed by atoms with E-state index in [0.29, 0.717) is 16.5 Å². The first kappa shape index (κ1) is 23.6. The lowest BCUT2D eigenvalue weighted by Crippen LogP contribution is -2.29. The number of benzene rings is 2. The summed E-state index contributed by atoms with van der Waals surface area (Å²) < 4.78 is 10.4. The molecule has 2 amide bonds. The van der Waals surface area contributed by atoms with Crippen LogP contribution in [0.5, 0.6) is 5.75 Å². The van der Waals surface area contributed by atoms with Crippen molar-refractivity contribution in [3.8, 4) is 5.75 Å². The Morgan fingerprint density at radius 3 is 2.47 bits per heavy atom. The lowest BCUT2D eigenvalue weighted by Gasteiger charge is -2.23. The van der Waals surface area contributed by atoms with E-state index in [1.807, 2.05) is 32.0 Å². The van der Waals surface area contributed by atoms with Crippen LogP contribution in [0.15, 0.2) is 36.4 Å². The van der Waals surface area contributed by atoms with Gasteiger partial charge in [-0.1, -0.05) is 43.6 Å². The molecule has 2 aromatic carbocycles. The van der Waals surface area contributed by atoms with Gasteiger partial charge in [-0.15, -0.1) is 0 Å². The Morgan fingerprint density at radius 2 is 1.84 bits per heavy atom. The zero-order chi connectivity index (χ0) is 23.3. The zero-order valence-electron chi connectivity index (χ0n) is 18.4. The monoisotopic (exact) mass is 458 g/mol. The Morgan fingerprint density at radius 1 is 1.16 bits per heavy atom. The van der Waals surface area contributed by atoms with Crippen molar-refractivity contribution >= 4 is 40.8 Å². The van der Waals surface area contributed by atoms with Gasteiger partial charge in [0, 0.05) is 23.7 Å². The molecule has 1 fully saturated rings. The molecule has 32 heavy (non-hydrogen) atoms. The number of nitrogens with one attached hydrogen (secondary N) is 1. The highest BCUT2D eigenvalue weighted by Gasteiger charge is 2.37. The number of aryl methyl sites for hydroxylation is 2. The van der Waals surface area contributed by atoms with E-state index < -0.39 is 24.4 Å². The van der Waals surface area contributed by atoms with E-state index in [1.165, 1.54) is 7.11 Å². The Kier molecular flexibility index (Phi) is 7.75. The molecule has 1 N–H and O–H groups in total. The van der Waals surface area contributed by atoms with Crippen LogP contribution >= 0.6 is 11.6 Å². The molecule has 170 valence electrons. The summed E-state index contributed by atoms with van der Waals surface area (Å²) in [6, 6.07) is 10.8. The van der Waals surface area contributed by atoms with E-state index >= 15 is 0 Å². The second-order valence-electron chi connectivity index (χ2n) is 7.54. The summed E-state index contributed by atoms with van der Waals surface area (Å²) in [5, 5.41) is 3.05. The molecular weight excluding hydrogens is 432 g/mol. The Balaban J connectivity index is 1.62. The van der Waals surface area contributed by atoms with Crippen LogP contribution in [0.3, 0.4) is 0 Å². The first-order valence-electron chi connectivity index (χ1n) is 10.6. The molecule has 0 aliphatic carbocycles. The Hall–Kier alpha value is -3.06. The second-order valence-corrected chi connectivity index (χ2v) is 7.97. The Bertz CT molecular complexity index is 1000. The number of ether oxygens (including phenoxy) is 2. The number of para-hydroxylation sites is 1. The highest BCUT2D eigenvalue weighted by atomic mass is 35.5. The maximum absolute atomic E-state index is 12.7. The molecule has 0 unspecified atom stereocenters. The van der Waals surface area contributed by atoms with Gasteiger partial charge in [0.15, 0.2) is 6.61 Å². The maximum Gasteiger partial charge on any atom is 0.311 e. The predicted octanol–water partition coefficient (Wildman–Crippen LogP) is 4.01. The van der Waals surface area contributed by atoms with Crippen LogP contribution in [-0.4, -0.2) is 38.0 Å². The molecular formula is C24H27ClN2O5. The van der Waals surface area contributed by atoms with Gasteiger partial charge in [-0.2, -0.15) is 0 Å². The average Bonchev–Trinajstić information content (AvgIpc) is 3.18. The van der Waals surface area contributed by atoms with Crippen molar-refractivity contribution in [3.05, 3.63) is 52.5 Å². The van der Waals surface area contributed by atoms with Crippen molar-refractivity contribution in [1.82, 2.24) is 0 Å². The number of carbonyl (C=O) groups is 3. The van der Waals surface area contributed by atoms with Crippen molar-refractivity contribution in [2.75, 3.05) is 30.5 Å². The summed E-state index contributed by atoms with van der Waals surface area (Å²) in [7, 11) is 1.47. The molecule has 2 aromatic rings. The lowest BCUT2D eigenvalue weighted by molar-refractivity contribution is -0.151. The number of nitrogens with zero attached hydrogens (tertiary/aromatic N) is 1. The van der Waals surface area contributed by atoms with Gasteiger partial charge in [0.25, 0.3) is 5.91 Å². The lowest BCUT2D eigenvalue weighted by atomic mass is 10.0. The molecule has 0 bridgehead atoms. The number of methoxy groups -OCH3 is 1. The third kappa shape index (κ3) is 5.22. The van der Waals surface area contributed by atoms with E-state index in [1.54, 1.807) is 23.1 Å². The molecule has 1 aliphatic rings. The quantitative estimate of drug-likeness (QED) is 0.604. The third-order valence-corrected chi connectivity index (χ3v) is 5.71. The van der Waals surface area contributed by atoms with E-state index in [2.05, 4.69) is 5.32 Å². The van der Waals surface area contributed by atoms with E-state index in [9.17, 15) is 14.4 Å². The highest BCUT2D eigenvalue weighted by Crippen LogP contribution is 2.33. The molecule has 7 nitrogen and oxygen atoms in total. The summed E-state index contributed by atoms with van der Waals surface area (Å²) in [5.41, 5.74) is 3.42. The minimum Gasteiger partial charge on any atom is -0.495 e. The number of amides is 2.